The number of hydrogen-bond acceptors (Lipinski definition) is 8. The number of nitro groups is 1. The number of ether oxygens (including phenoxy) is 1. The maximum atomic E-state index is 11.3. The van der Waals surface area contributed by atoms with Crippen molar-refractivity contribution in [1.82, 2.24) is 9.55 Å². The molecule has 110 valence electrons. The fraction of sp³-hybridized carbons (Fsp3) is 0.556. The molecule has 11 heteroatoms. The average molecular weight is 288 g/mol. The minimum absolute atomic E-state index is 0.565. The second kappa shape index (κ2) is 5.13. The highest BCUT2D eigenvalue weighted by atomic mass is 16.6. The zero-order valence-corrected chi connectivity index (χ0v) is 9.99. The first-order chi connectivity index (χ1) is 9.38. The van der Waals surface area contributed by atoms with Gasteiger partial charge in [0.05, 0.1) is 6.61 Å². The second-order valence-electron chi connectivity index (χ2n) is 4.17. The molecule has 1 aromatic heterocycles. The maximum absolute atomic E-state index is 11.3. The van der Waals surface area contributed by atoms with E-state index >= 15 is 0 Å². The highest BCUT2D eigenvalue weighted by molar-refractivity contribution is 5.94. The normalized spacial score (nSPS) is 29.6. The van der Waals surface area contributed by atoms with E-state index in [0.717, 1.165) is 10.9 Å². The number of aliphatic hydroxyl groups is 3. The fourth-order valence-corrected chi connectivity index (χ4v) is 2.03. The molecule has 1 aliphatic rings. The van der Waals surface area contributed by atoms with Gasteiger partial charge in [-0.05, 0) is 9.91 Å². The Morgan fingerprint density at radius 3 is 2.65 bits per heavy atom. The van der Waals surface area contributed by atoms with E-state index in [0.29, 0.717) is 0 Å². The summed E-state index contributed by atoms with van der Waals surface area (Å²) in [5, 5.41) is 39.1. The minimum Gasteiger partial charge on any atom is -0.394 e. The van der Waals surface area contributed by atoms with Crippen molar-refractivity contribution in [2.75, 3.05) is 6.61 Å². The lowest BCUT2D eigenvalue weighted by Gasteiger charge is -2.16. The third kappa shape index (κ3) is 2.12. The Labute approximate surface area is 111 Å². The van der Waals surface area contributed by atoms with Crippen LogP contribution in [0.3, 0.4) is 0 Å². The number of aliphatic hydroxyl groups excluding tert-OH is 3. The predicted molar refractivity (Wildman–Crippen MR) is 60.4 cm³/mol. The lowest BCUT2D eigenvalue weighted by atomic mass is 10.1. The zero-order valence-electron chi connectivity index (χ0n) is 9.99. The molecule has 0 unspecified atom stereocenters. The summed E-state index contributed by atoms with van der Waals surface area (Å²) >= 11 is 0. The molecule has 5 N–H and O–H groups in total. The summed E-state index contributed by atoms with van der Waals surface area (Å²) in [6.45, 7) is -0.572. The van der Waals surface area contributed by atoms with Gasteiger partial charge < -0.3 is 35.9 Å². The van der Waals surface area contributed by atoms with E-state index in [1.165, 1.54) is 0 Å². The predicted octanol–water partition coefficient (Wildman–Crippen LogP) is -2.50. The van der Waals surface area contributed by atoms with Gasteiger partial charge in [-0.3, -0.25) is 9.36 Å². The summed E-state index contributed by atoms with van der Waals surface area (Å²) in [6, 6.07) is 0. The molecular formula is C9H12N4O7. The molecule has 1 aromatic rings. The molecule has 0 radical (unpaired) electrons. The minimum atomic E-state index is -1.50. The molecular weight excluding hydrogens is 276 g/mol. The number of rotatable bonds is 4. The Morgan fingerprint density at radius 1 is 1.55 bits per heavy atom. The second-order valence-corrected chi connectivity index (χ2v) is 4.17. The number of aromatic nitrogens is 2. The summed E-state index contributed by atoms with van der Waals surface area (Å²) in [6.07, 6.45) is -4.41. The number of nitrogens with zero attached hydrogens (tertiary/aromatic N) is 3. The Balaban J connectivity index is 2.44. The van der Waals surface area contributed by atoms with E-state index in [2.05, 4.69) is 4.98 Å². The van der Waals surface area contributed by atoms with Crippen LogP contribution in [0.15, 0.2) is 6.33 Å². The van der Waals surface area contributed by atoms with Gasteiger partial charge in [0.15, 0.2) is 6.23 Å². The van der Waals surface area contributed by atoms with Crippen LogP contribution in [0.1, 0.15) is 16.7 Å². The van der Waals surface area contributed by atoms with Crippen LogP contribution in [0.4, 0.5) is 5.82 Å². The quantitative estimate of drug-likeness (QED) is 0.347. The summed E-state index contributed by atoms with van der Waals surface area (Å²) in [4.78, 5) is 24.6. The number of imidazole rings is 1. The van der Waals surface area contributed by atoms with Gasteiger partial charge in [-0.1, -0.05) is 0 Å². The molecule has 11 nitrogen and oxygen atoms in total. The Hall–Kier alpha value is -2.08. The third-order valence-corrected chi connectivity index (χ3v) is 2.97. The molecule has 0 aromatic carbocycles. The lowest BCUT2D eigenvalue weighted by molar-refractivity contribution is -0.389. The molecule has 2 rings (SSSR count). The Bertz CT molecular complexity index is 544. The lowest BCUT2D eigenvalue weighted by Crippen LogP contribution is -2.33. The molecule has 1 saturated heterocycles. The number of carbonyl (C=O) groups excluding carboxylic acids is 1. The number of hydrogen-bond donors (Lipinski definition) is 4. The fourth-order valence-electron chi connectivity index (χ4n) is 2.03. The van der Waals surface area contributed by atoms with E-state index in [4.69, 9.17) is 15.6 Å². The monoisotopic (exact) mass is 288 g/mol. The highest BCUT2D eigenvalue weighted by Gasteiger charge is 2.45. The third-order valence-electron chi connectivity index (χ3n) is 2.97. The van der Waals surface area contributed by atoms with Gasteiger partial charge in [-0.15, -0.1) is 0 Å². The molecule has 0 spiro atoms. The first-order valence-corrected chi connectivity index (χ1v) is 5.52. The standard InChI is InChI=1S/C9H12N4O7/c10-7(17)4-8(13(18)19)11-2-12(4)9-6(16)5(15)3(1-14)20-9/h2-3,5-6,9,14-16H,1H2,(H2,10,17)/t3-,5+,6-,9-/m0/s1. The van der Waals surface area contributed by atoms with Crippen molar-refractivity contribution in [3.05, 3.63) is 22.1 Å². The van der Waals surface area contributed by atoms with Crippen LogP contribution in [0.25, 0.3) is 0 Å². The highest BCUT2D eigenvalue weighted by Crippen LogP contribution is 2.32. The largest absolute Gasteiger partial charge is 0.395 e. The molecule has 0 saturated carbocycles. The number of primary amides is 1. The van der Waals surface area contributed by atoms with Crippen molar-refractivity contribution in [2.24, 2.45) is 5.73 Å². The van der Waals surface area contributed by atoms with E-state index in [-0.39, 0.29) is 0 Å². The summed E-state index contributed by atoms with van der Waals surface area (Å²) in [7, 11) is 0. The van der Waals surface area contributed by atoms with Crippen molar-refractivity contribution in [1.29, 1.82) is 0 Å². The van der Waals surface area contributed by atoms with E-state index in [1.54, 1.807) is 0 Å². The average Bonchev–Trinajstić information content (AvgIpc) is 2.93. The van der Waals surface area contributed by atoms with Crippen LogP contribution in [0, 0.1) is 10.1 Å². The zero-order chi connectivity index (χ0) is 15.0. The Morgan fingerprint density at radius 2 is 2.20 bits per heavy atom. The molecule has 4 atom stereocenters. The molecule has 0 aliphatic carbocycles. The summed E-state index contributed by atoms with van der Waals surface area (Å²) < 4.78 is 6.01. The molecule has 0 bridgehead atoms. The van der Waals surface area contributed by atoms with E-state index < -0.39 is 53.5 Å². The van der Waals surface area contributed by atoms with Crippen LogP contribution in [-0.2, 0) is 4.74 Å². The van der Waals surface area contributed by atoms with Crippen LogP contribution in [0.2, 0.25) is 0 Å². The number of amides is 1. The molecule has 1 fully saturated rings. The van der Waals surface area contributed by atoms with Gasteiger partial charge >= 0.3 is 5.82 Å². The van der Waals surface area contributed by atoms with Gasteiger partial charge in [0.2, 0.25) is 12.0 Å². The van der Waals surface area contributed by atoms with Gasteiger partial charge in [0.25, 0.3) is 5.91 Å². The number of nitrogens with two attached hydrogens (primary N) is 1. The SMILES string of the molecule is NC(=O)c1c([N+](=O)[O-])ncn1[C@H]1O[C@@H](CO)[C@@H](O)[C@@H]1O. The summed E-state index contributed by atoms with van der Waals surface area (Å²) in [5.41, 5.74) is 4.49. The van der Waals surface area contributed by atoms with Gasteiger partial charge in [-0.2, -0.15) is 0 Å². The van der Waals surface area contributed by atoms with Gasteiger partial charge in [-0.25, -0.2) is 0 Å². The van der Waals surface area contributed by atoms with E-state index in [1.807, 2.05) is 0 Å². The first-order valence-electron chi connectivity index (χ1n) is 5.52. The molecule has 1 amide bonds. The van der Waals surface area contributed by atoms with Crippen LogP contribution < -0.4 is 5.73 Å². The van der Waals surface area contributed by atoms with Crippen molar-refractivity contribution in [3.8, 4) is 0 Å². The summed E-state index contributed by atoms with van der Waals surface area (Å²) in [5.74, 6) is -1.91. The smallest absolute Gasteiger partial charge is 0.394 e. The van der Waals surface area contributed by atoms with Crippen molar-refractivity contribution in [2.45, 2.75) is 24.5 Å². The molecule has 2 heterocycles. The van der Waals surface area contributed by atoms with Crippen molar-refractivity contribution >= 4 is 11.7 Å². The molecule has 20 heavy (non-hydrogen) atoms. The van der Waals surface area contributed by atoms with Gasteiger partial charge in [0, 0.05) is 0 Å². The van der Waals surface area contributed by atoms with Crippen LogP contribution in [0.5, 0.6) is 0 Å². The Kier molecular flexibility index (Phi) is 3.67. The van der Waals surface area contributed by atoms with Gasteiger partial charge in [0.1, 0.15) is 18.3 Å². The maximum Gasteiger partial charge on any atom is 0.395 e. The molecule has 1 aliphatic heterocycles. The van der Waals surface area contributed by atoms with Crippen LogP contribution in [-0.4, -0.2) is 60.6 Å². The van der Waals surface area contributed by atoms with Crippen molar-refractivity contribution < 1.29 is 29.8 Å². The topological polar surface area (TPSA) is 174 Å². The first kappa shape index (κ1) is 14.3. The van der Waals surface area contributed by atoms with E-state index in [9.17, 15) is 25.1 Å². The van der Waals surface area contributed by atoms with Crippen LogP contribution >= 0.6 is 0 Å². The number of carbonyl (C=O) groups is 1. The van der Waals surface area contributed by atoms with Crippen molar-refractivity contribution in [3.63, 3.8) is 0 Å².